The van der Waals surface area contributed by atoms with Crippen LogP contribution >= 0.6 is 0 Å². The molecular formula is C26H30N2O2. The average molecular weight is 403 g/mol. The Morgan fingerprint density at radius 2 is 1.90 bits per heavy atom. The summed E-state index contributed by atoms with van der Waals surface area (Å²) in [7, 11) is 0. The molecule has 156 valence electrons. The molecule has 1 amide bonds. The van der Waals surface area contributed by atoms with Gasteiger partial charge in [0.15, 0.2) is 0 Å². The van der Waals surface area contributed by atoms with Gasteiger partial charge in [-0.05, 0) is 48.4 Å². The first-order valence-corrected chi connectivity index (χ1v) is 11.0. The molecule has 4 heteroatoms. The summed E-state index contributed by atoms with van der Waals surface area (Å²) in [5.41, 5.74) is 3.99. The SMILES string of the molecule is CCn1cc(C(=O)N2CC[C@@]3(C)c4cccc(O)c4C[C@@H]2C3(C)C)c2ccccc21. The van der Waals surface area contributed by atoms with Crippen LogP contribution in [0.4, 0.5) is 0 Å². The van der Waals surface area contributed by atoms with Crippen molar-refractivity contribution in [2.24, 2.45) is 5.41 Å². The summed E-state index contributed by atoms with van der Waals surface area (Å²) < 4.78 is 2.16. The van der Waals surface area contributed by atoms with Gasteiger partial charge in [-0.2, -0.15) is 0 Å². The number of carbonyl (C=O) groups excluding carboxylic acids is 1. The van der Waals surface area contributed by atoms with Gasteiger partial charge in [0.25, 0.3) is 5.91 Å². The number of benzene rings is 2. The van der Waals surface area contributed by atoms with Crippen molar-refractivity contribution in [3.05, 3.63) is 65.4 Å². The van der Waals surface area contributed by atoms with Crippen molar-refractivity contribution in [3.8, 4) is 5.75 Å². The Kier molecular flexibility index (Phi) is 4.08. The first kappa shape index (κ1) is 19.2. The summed E-state index contributed by atoms with van der Waals surface area (Å²) in [4.78, 5) is 16.0. The minimum Gasteiger partial charge on any atom is -0.508 e. The van der Waals surface area contributed by atoms with Crippen LogP contribution in [0.1, 0.15) is 55.6 Å². The maximum absolute atomic E-state index is 13.9. The number of rotatable bonds is 2. The van der Waals surface area contributed by atoms with Gasteiger partial charge in [-0.15, -0.1) is 0 Å². The normalized spacial score (nSPS) is 24.7. The number of piperidine rings is 1. The molecule has 1 fully saturated rings. The third-order valence-corrected chi connectivity index (χ3v) is 8.25. The lowest BCUT2D eigenvalue weighted by molar-refractivity contribution is -0.0265. The highest BCUT2D eigenvalue weighted by Crippen LogP contribution is 2.57. The maximum Gasteiger partial charge on any atom is 0.256 e. The molecule has 0 unspecified atom stereocenters. The lowest BCUT2D eigenvalue weighted by Crippen LogP contribution is -2.64. The fourth-order valence-corrected chi connectivity index (χ4v) is 6.00. The Balaban J connectivity index is 1.62. The van der Waals surface area contributed by atoms with E-state index in [0.29, 0.717) is 12.2 Å². The van der Waals surface area contributed by atoms with Gasteiger partial charge >= 0.3 is 0 Å². The Bertz CT molecular complexity index is 1160. The number of hydrogen-bond donors (Lipinski definition) is 1. The zero-order valence-corrected chi connectivity index (χ0v) is 18.3. The number of para-hydroxylation sites is 1. The van der Waals surface area contributed by atoms with Crippen LogP contribution in [0.15, 0.2) is 48.7 Å². The van der Waals surface area contributed by atoms with Crippen LogP contribution in [0.25, 0.3) is 10.9 Å². The Hall–Kier alpha value is -2.75. The molecule has 2 bridgehead atoms. The number of phenolic OH excluding ortho intramolecular Hbond substituents is 1. The number of fused-ring (bicyclic) bond motifs is 5. The number of carbonyl (C=O) groups is 1. The van der Waals surface area contributed by atoms with Gasteiger partial charge < -0.3 is 14.6 Å². The van der Waals surface area contributed by atoms with Crippen LogP contribution in [0.5, 0.6) is 5.75 Å². The fraction of sp³-hybridized carbons (Fsp3) is 0.423. The molecule has 2 atom stereocenters. The van der Waals surface area contributed by atoms with E-state index in [-0.39, 0.29) is 22.8 Å². The van der Waals surface area contributed by atoms with Crippen molar-refractivity contribution in [2.75, 3.05) is 6.54 Å². The topological polar surface area (TPSA) is 45.5 Å². The molecule has 0 spiro atoms. The smallest absolute Gasteiger partial charge is 0.256 e. The van der Waals surface area contributed by atoms with Gasteiger partial charge in [-0.25, -0.2) is 0 Å². The van der Waals surface area contributed by atoms with Crippen LogP contribution in [0.3, 0.4) is 0 Å². The minimum absolute atomic E-state index is 0.0493. The van der Waals surface area contributed by atoms with E-state index in [2.05, 4.69) is 55.4 Å². The fourth-order valence-electron chi connectivity index (χ4n) is 6.00. The van der Waals surface area contributed by atoms with Gasteiger partial charge in [-0.1, -0.05) is 51.1 Å². The predicted octanol–water partition coefficient (Wildman–Crippen LogP) is 5.12. The van der Waals surface area contributed by atoms with Gasteiger partial charge in [0, 0.05) is 41.6 Å². The molecule has 2 aromatic carbocycles. The van der Waals surface area contributed by atoms with Gasteiger partial charge in [0.05, 0.1) is 5.56 Å². The Morgan fingerprint density at radius 1 is 1.13 bits per heavy atom. The van der Waals surface area contributed by atoms with Gasteiger partial charge in [0.1, 0.15) is 5.75 Å². The van der Waals surface area contributed by atoms with Gasteiger partial charge in [0.2, 0.25) is 0 Å². The lowest BCUT2D eigenvalue weighted by atomic mass is 9.51. The van der Waals surface area contributed by atoms with E-state index in [1.54, 1.807) is 6.07 Å². The first-order chi connectivity index (χ1) is 14.3. The van der Waals surface area contributed by atoms with Crippen molar-refractivity contribution in [1.82, 2.24) is 9.47 Å². The number of amides is 1. The molecule has 0 saturated carbocycles. The molecule has 0 radical (unpaired) electrons. The zero-order chi connectivity index (χ0) is 21.3. The zero-order valence-electron chi connectivity index (χ0n) is 18.3. The van der Waals surface area contributed by atoms with E-state index >= 15 is 0 Å². The summed E-state index contributed by atoms with van der Waals surface area (Å²) in [6.07, 6.45) is 3.61. The molecule has 2 heterocycles. The molecule has 3 aromatic rings. The summed E-state index contributed by atoms with van der Waals surface area (Å²) in [5.74, 6) is 0.466. The van der Waals surface area contributed by atoms with Crippen molar-refractivity contribution < 1.29 is 9.90 Å². The number of nitrogens with zero attached hydrogens (tertiary/aromatic N) is 2. The molecule has 1 N–H and O–H groups in total. The Morgan fingerprint density at radius 3 is 2.67 bits per heavy atom. The lowest BCUT2D eigenvalue weighted by Gasteiger charge is -2.60. The van der Waals surface area contributed by atoms with Crippen LogP contribution in [-0.2, 0) is 18.4 Å². The van der Waals surface area contributed by atoms with Crippen molar-refractivity contribution >= 4 is 16.8 Å². The standard InChI is InChI=1S/C26H30N2O2/c1-5-27-16-19(17-9-6-7-11-21(17)27)24(30)28-14-13-26(4)20-10-8-12-22(29)18(20)15-23(28)25(26,2)3/h6-12,16,23,29H,5,13-15H2,1-4H3/t23-,26+/m1/s1. The first-order valence-electron chi connectivity index (χ1n) is 11.0. The molecule has 1 aromatic heterocycles. The average Bonchev–Trinajstić information content (AvgIpc) is 3.10. The molecule has 1 aliphatic heterocycles. The van der Waals surface area contributed by atoms with Gasteiger partial charge in [-0.3, -0.25) is 4.79 Å². The van der Waals surface area contributed by atoms with E-state index in [1.807, 2.05) is 24.4 Å². The summed E-state index contributed by atoms with van der Waals surface area (Å²) >= 11 is 0. The third kappa shape index (κ3) is 2.36. The molecule has 1 saturated heterocycles. The third-order valence-electron chi connectivity index (χ3n) is 8.25. The molecule has 1 aliphatic carbocycles. The van der Waals surface area contributed by atoms with Crippen LogP contribution in [0.2, 0.25) is 0 Å². The maximum atomic E-state index is 13.9. The van der Waals surface area contributed by atoms with E-state index in [4.69, 9.17) is 0 Å². The Labute approximate surface area is 178 Å². The highest BCUT2D eigenvalue weighted by Gasteiger charge is 2.57. The molecular weight excluding hydrogens is 372 g/mol. The van der Waals surface area contributed by atoms with E-state index in [9.17, 15) is 9.90 Å². The summed E-state index contributed by atoms with van der Waals surface area (Å²) in [5, 5.41) is 11.6. The minimum atomic E-state index is -0.0924. The largest absolute Gasteiger partial charge is 0.508 e. The van der Waals surface area contributed by atoms with Crippen LogP contribution in [-0.4, -0.2) is 33.1 Å². The quantitative estimate of drug-likeness (QED) is 0.646. The van der Waals surface area contributed by atoms with Crippen molar-refractivity contribution in [1.29, 1.82) is 0 Å². The molecule has 30 heavy (non-hydrogen) atoms. The second-order valence-corrected chi connectivity index (χ2v) is 9.67. The van der Waals surface area contributed by atoms with E-state index in [0.717, 1.165) is 41.5 Å². The van der Waals surface area contributed by atoms with E-state index in [1.165, 1.54) is 5.56 Å². The molecule has 2 aliphatic rings. The highest BCUT2D eigenvalue weighted by molar-refractivity contribution is 6.07. The van der Waals surface area contributed by atoms with Crippen LogP contribution in [0, 0.1) is 5.41 Å². The molecule has 4 nitrogen and oxygen atoms in total. The second-order valence-electron chi connectivity index (χ2n) is 9.67. The number of aryl methyl sites for hydroxylation is 1. The molecule has 5 rings (SSSR count). The number of likely N-dealkylation sites (tertiary alicyclic amines) is 1. The number of hydrogen-bond acceptors (Lipinski definition) is 2. The monoisotopic (exact) mass is 402 g/mol. The van der Waals surface area contributed by atoms with Crippen molar-refractivity contribution in [3.63, 3.8) is 0 Å². The predicted molar refractivity (Wildman–Crippen MR) is 120 cm³/mol. The number of phenols is 1. The van der Waals surface area contributed by atoms with Crippen LogP contribution < -0.4 is 0 Å². The summed E-state index contributed by atoms with van der Waals surface area (Å²) in [6.45, 7) is 10.6. The second kappa shape index (κ2) is 6.37. The highest BCUT2D eigenvalue weighted by atomic mass is 16.3. The van der Waals surface area contributed by atoms with E-state index < -0.39 is 0 Å². The number of aromatic nitrogens is 1. The number of aromatic hydroxyl groups is 1. The summed E-state index contributed by atoms with van der Waals surface area (Å²) in [6, 6.07) is 14.1. The van der Waals surface area contributed by atoms with Crippen molar-refractivity contribution in [2.45, 2.75) is 58.5 Å².